The van der Waals surface area contributed by atoms with Crippen molar-refractivity contribution in [1.82, 2.24) is 0 Å². The molecule has 0 spiro atoms. The van der Waals surface area contributed by atoms with E-state index in [9.17, 15) is 18.3 Å². The number of aliphatic hydroxyl groups is 2. The van der Waals surface area contributed by atoms with E-state index in [0.717, 1.165) is 6.07 Å². The molecule has 1 aromatic rings. The summed E-state index contributed by atoms with van der Waals surface area (Å²) in [4.78, 5) is 0. The number of aliphatic hydroxyl groups excluding tert-OH is 2. The molecule has 0 aliphatic heterocycles. The number of alkyl halides is 3. The van der Waals surface area contributed by atoms with Crippen LogP contribution in [0.3, 0.4) is 0 Å². The highest BCUT2D eigenvalue weighted by molar-refractivity contribution is 5.34. The molecule has 0 radical (unpaired) electrons. The predicted octanol–water partition coefficient (Wildman–Crippen LogP) is 2.04. The van der Waals surface area contributed by atoms with Gasteiger partial charge in [-0.05, 0) is 24.1 Å². The van der Waals surface area contributed by atoms with Crippen molar-refractivity contribution in [2.24, 2.45) is 0 Å². The van der Waals surface area contributed by atoms with Crippen LogP contribution in [-0.4, -0.2) is 16.8 Å². The Morgan fingerprint density at radius 1 is 1.33 bits per heavy atom. The maximum atomic E-state index is 12.5. The van der Waals surface area contributed by atoms with Crippen LogP contribution in [0.15, 0.2) is 18.2 Å². The lowest BCUT2D eigenvalue weighted by Gasteiger charge is -2.14. The van der Waals surface area contributed by atoms with Crippen LogP contribution in [0.25, 0.3) is 0 Å². The van der Waals surface area contributed by atoms with Crippen molar-refractivity contribution in [2.45, 2.75) is 19.2 Å². The summed E-state index contributed by atoms with van der Waals surface area (Å²) in [5.41, 5.74) is -0.626. The first kappa shape index (κ1) is 12.0. The van der Waals surface area contributed by atoms with E-state index in [4.69, 9.17) is 5.11 Å². The van der Waals surface area contributed by atoms with Crippen LogP contribution in [0.5, 0.6) is 0 Å². The lowest BCUT2D eigenvalue weighted by Crippen LogP contribution is -2.10. The average Bonchev–Trinajstić information content (AvgIpc) is 2.15. The third-order valence-corrected chi connectivity index (χ3v) is 2.12. The molecule has 5 heteroatoms. The normalized spacial score (nSPS) is 14.0. The molecule has 1 rings (SSSR count). The number of hydrogen-bond donors (Lipinski definition) is 2. The minimum absolute atomic E-state index is 0.0652. The molecule has 0 aliphatic carbocycles. The minimum atomic E-state index is -4.44. The monoisotopic (exact) mass is 220 g/mol. The molecule has 2 nitrogen and oxygen atoms in total. The first-order valence-corrected chi connectivity index (χ1v) is 4.33. The van der Waals surface area contributed by atoms with Gasteiger partial charge in [0.2, 0.25) is 0 Å². The second kappa shape index (κ2) is 4.20. The minimum Gasteiger partial charge on any atom is -0.393 e. The average molecular weight is 220 g/mol. The second-order valence-electron chi connectivity index (χ2n) is 3.27. The van der Waals surface area contributed by atoms with Gasteiger partial charge in [0, 0.05) is 0 Å². The van der Waals surface area contributed by atoms with Crippen LogP contribution < -0.4 is 0 Å². The summed E-state index contributed by atoms with van der Waals surface area (Å²) in [7, 11) is 0. The van der Waals surface area contributed by atoms with Crippen molar-refractivity contribution in [3.8, 4) is 0 Å². The molecule has 0 fully saturated rings. The fraction of sp³-hybridized carbons (Fsp3) is 0.400. The van der Waals surface area contributed by atoms with E-state index in [0.29, 0.717) is 0 Å². The van der Waals surface area contributed by atoms with Gasteiger partial charge in [-0.15, -0.1) is 0 Å². The highest BCUT2D eigenvalue weighted by Gasteiger charge is 2.32. The Morgan fingerprint density at radius 2 is 1.93 bits per heavy atom. The van der Waals surface area contributed by atoms with Crippen molar-refractivity contribution in [2.75, 3.05) is 6.61 Å². The van der Waals surface area contributed by atoms with Crippen LogP contribution in [0.2, 0.25) is 0 Å². The topological polar surface area (TPSA) is 40.5 Å². The maximum Gasteiger partial charge on any atom is 0.416 e. The van der Waals surface area contributed by atoms with Crippen molar-refractivity contribution in [3.63, 3.8) is 0 Å². The zero-order valence-electron chi connectivity index (χ0n) is 8.04. The summed E-state index contributed by atoms with van der Waals surface area (Å²) >= 11 is 0. The van der Waals surface area contributed by atoms with E-state index in [2.05, 4.69) is 0 Å². The highest BCUT2D eigenvalue weighted by atomic mass is 19.4. The van der Waals surface area contributed by atoms with Gasteiger partial charge in [0.25, 0.3) is 0 Å². The van der Waals surface area contributed by atoms with E-state index in [-0.39, 0.29) is 11.1 Å². The fourth-order valence-electron chi connectivity index (χ4n) is 1.26. The molecule has 0 saturated carbocycles. The highest BCUT2D eigenvalue weighted by Crippen LogP contribution is 2.33. The van der Waals surface area contributed by atoms with Gasteiger partial charge in [-0.2, -0.15) is 13.2 Å². The van der Waals surface area contributed by atoms with Gasteiger partial charge >= 0.3 is 6.18 Å². The number of benzene rings is 1. The van der Waals surface area contributed by atoms with Crippen LogP contribution >= 0.6 is 0 Å². The van der Waals surface area contributed by atoms with Gasteiger partial charge in [0.15, 0.2) is 0 Å². The molecule has 0 heterocycles. The molecule has 1 atom stereocenters. The lowest BCUT2D eigenvalue weighted by atomic mass is 10.0. The van der Waals surface area contributed by atoms with Crippen LogP contribution in [-0.2, 0) is 6.18 Å². The van der Waals surface area contributed by atoms with Gasteiger partial charge in [-0.3, -0.25) is 0 Å². The molecule has 1 aromatic carbocycles. The number of aryl methyl sites for hydroxylation is 1. The first-order valence-electron chi connectivity index (χ1n) is 4.33. The summed E-state index contributed by atoms with van der Waals surface area (Å²) in [5, 5.41) is 17.8. The standard InChI is InChI=1S/C10H11F3O2/c1-6-2-3-7(9(15)5-14)4-8(6)10(11,12)13/h2-4,9,14-15H,5H2,1H3. The smallest absolute Gasteiger partial charge is 0.393 e. The number of hydrogen-bond acceptors (Lipinski definition) is 2. The Balaban J connectivity index is 3.17. The van der Waals surface area contributed by atoms with Crippen molar-refractivity contribution >= 4 is 0 Å². The van der Waals surface area contributed by atoms with Crippen molar-refractivity contribution < 1.29 is 23.4 Å². The van der Waals surface area contributed by atoms with Crippen LogP contribution in [0, 0.1) is 6.92 Å². The number of rotatable bonds is 2. The van der Waals surface area contributed by atoms with Gasteiger partial charge in [0.1, 0.15) is 6.10 Å². The summed E-state index contributed by atoms with van der Waals surface area (Å²) in [5.74, 6) is 0. The largest absolute Gasteiger partial charge is 0.416 e. The van der Waals surface area contributed by atoms with Crippen molar-refractivity contribution in [3.05, 3.63) is 34.9 Å². The Morgan fingerprint density at radius 3 is 2.40 bits per heavy atom. The summed E-state index contributed by atoms with van der Waals surface area (Å²) < 4.78 is 37.4. The predicted molar refractivity (Wildman–Crippen MR) is 48.2 cm³/mol. The first-order chi connectivity index (χ1) is 6.86. The van der Waals surface area contributed by atoms with Gasteiger partial charge in [-0.1, -0.05) is 12.1 Å². The third-order valence-electron chi connectivity index (χ3n) is 2.12. The summed E-state index contributed by atoms with van der Waals surface area (Å²) in [6.07, 6.45) is -5.71. The Labute approximate surface area is 85.0 Å². The van der Waals surface area contributed by atoms with E-state index in [1.54, 1.807) is 0 Å². The molecule has 84 valence electrons. The Hall–Kier alpha value is -1.07. The van der Waals surface area contributed by atoms with Crippen LogP contribution in [0.1, 0.15) is 22.8 Å². The Bertz CT molecular complexity index is 347. The zero-order valence-corrected chi connectivity index (χ0v) is 8.04. The molecule has 0 amide bonds. The van der Waals surface area contributed by atoms with Crippen LogP contribution in [0.4, 0.5) is 13.2 Å². The van der Waals surface area contributed by atoms with Crippen molar-refractivity contribution in [1.29, 1.82) is 0 Å². The van der Waals surface area contributed by atoms with E-state index >= 15 is 0 Å². The molecule has 0 bridgehead atoms. The molecule has 0 aliphatic rings. The van der Waals surface area contributed by atoms with Gasteiger partial charge in [0.05, 0.1) is 12.2 Å². The lowest BCUT2D eigenvalue weighted by molar-refractivity contribution is -0.138. The van der Waals surface area contributed by atoms with Gasteiger partial charge in [-0.25, -0.2) is 0 Å². The van der Waals surface area contributed by atoms with Gasteiger partial charge < -0.3 is 10.2 Å². The van der Waals surface area contributed by atoms with E-state index < -0.39 is 24.5 Å². The fourth-order valence-corrected chi connectivity index (χ4v) is 1.26. The maximum absolute atomic E-state index is 12.5. The quantitative estimate of drug-likeness (QED) is 0.800. The van der Waals surface area contributed by atoms with E-state index in [1.165, 1.54) is 19.1 Å². The molecular formula is C10H11F3O2. The molecular weight excluding hydrogens is 209 g/mol. The molecule has 2 N–H and O–H groups in total. The molecule has 15 heavy (non-hydrogen) atoms. The summed E-state index contributed by atoms with van der Waals surface area (Å²) in [6, 6.07) is 3.50. The third kappa shape index (κ3) is 2.70. The molecule has 0 saturated heterocycles. The molecule has 1 unspecified atom stereocenters. The summed E-state index contributed by atoms with van der Waals surface area (Å²) in [6.45, 7) is 0.748. The number of halogens is 3. The zero-order chi connectivity index (χ0) is 11.6. The second-order valence-corrected chi connectivity index (χ2v) is 3.27. The molecule has 0 aromatic heterocycles. The Kier molecular flexibility index (Phi) is 3.36. The SMILES string of the molecule is Cc1ccc(C(O)CO)cc1C(F)(F)F. The van der Waals surface area contributed by atoms with E-state index in [1.807, 2.05) is 0 Å².